The summed E-state index contributed by atoms with van der Waals surface area (Å²) in [6.07, 6.45) is 2.40. The Morgan fingerprint density at radius 1 is 1.16 bits per heavy atom. The monoisotopic (exact) mass is 519 g/mol. The first kappa shape index (κ1) is 25.6. The quantitative estimate of drug-likeness (QED) is 0.166. The van der Waals surface area contributed by atoms with E-state index in [0.717, 1.165) is 18.7 Å². The number of aromatic nitrogens is 2. The molecule has 0 aliphatic carbocycles. The van der Waals surface area contributed by atoms with Gasteiger partial charge in [-0.05, 0) is 37.5 Å². The standard InChI is InChI=1S/C27H29N5O6/c1-17-6-4-10-30-18(2)22(28-26(17)30)24(33)21-23(19-7-3-8-20(16-19)32(36)37)31(27(35)25(21)34)11-5-9-29-12-14-38-15-13-29/h3-4,6-8,10,16,23,33H,5,9,11-15H2,1-2H3. The van der Waals surface area contributed by atoms with Gasteiger partial charge < -0.3 is 19.1 Å². The molecule has 1 unspecified atom stereocenters. The molecule has 2 aliphatic heterocycles. The number of fused-ring (bicyclic) bond motifs is 1. The number of imidazole rings is 1. The first-order valence-electron chi connectivity index (χ1n) is 12.6. The second-order valence-corrected chi connectivity index (χ2v) is 9.58. The van der Waals surface area contributed by atoms with Crippen molar-refractivity contribution in [2.45, 2.75) is 26.3 Å². The van der Waals surface area contributed by atoms with Gasteiger partial charge in [0.2, 0.25) is 0 Å². The van der Waals surface area contributed by atoms with Gasteiger partial charge in [0.05, 0.1) is 35.4 Å². The molecule has 2 saturated heterocycles. The molecular weight excluding hydrogens is 490 g/mol. The van der Waals surface area contributed by atoms with Crippen molar-refractivity contribution in [1.29, 1.82) is 0 Å². The first-order chi connectivity index (χ1) is 18.3. The van der Waals surface area contributed by atoms with Crippen LogP contribution in [0.15, 0.2) is 48.2 Å². The minimum Gasteiger partial charge on any atom is -0.505 e. The van der Waals surface area contributed by atoms with Gasteiger partial charge >= 0.3 is 0 Å². The molecule has 4 heterocycles. The summed E-state index contributed by atoms with van der Waals surface area (Å²) in [5.41, 5.74) is 2.40. The Bertz CT molecular complexity index is 1460. The molecule has 0 spiro atoms. The fourth-order valence-electron chi connectivity index (χ4n) is 5.23. The van der Waals surface area contributed by atoms with Crippen molar-refractivity contribution >= 4 is 28.8 Å². The number of hydrogen-bond acceptors (Lipinski definition) is 8. The lowest BCUT2D eigenvalue weighted by molar-refractivity contribution is -0.384. The highest BCUT2D eigenvalue weighted by atomic mass is 16.6. The van der Waals surface area contributed by atoms with Crippen LogP contribution in [0.1, 0.15) is 35.0 Å². The summed E-state index contributed by atoms with van der Waals surface area (Å²) in [5, 5.41) is 23.0. The predicted molar refractivity (Wildman–Crippen MR) is 139 cm³/mol. The maximum absolute atomic E-state index is 13.4. The van der Waals surface area contributed by atoms with E-state index in [0.29, 0.717) is 43.1 Å². The molecule has 1 aromatic carbocycles. The number of nitrogens with zero attached hydrogens (tertiary/aromatic N) is 5. The Labute approximate surface area is 219 Å². The van der Waals surface area contributed by atoms with E-state index in [1.54, 1.807) is 13.0 Å². The van der Waals surface area contributed by atoms with Crippen LogP contribution in [0.2, 0.25) is 0 Å². The molecule has 5 rings (SSSR count). The van der Waals surface area contributed by atoms with Gasteiger partial charge in [-0.25, -0.2) is 4.98 Å². The van der Waals surface area contributed by atoms with E-state index in [1.807, 2.05) is 29.7 Å². The van der Waals surface area contributed by atoms with Crippen LogP contribution in [-0.4, -0.2) is 80.3 Å². The number of carbonyl (C=O) groups is 2. The van der Waals surface area contributed by atoms with Crippen molar-refractivity contribution in [2.75, 3.05) is 39.4 Å². The molecule has 0 saturated carbocycles. The number of Topliss-reactive ketones (excluding diaryl/α,β-unsaturated/α-hetero) is 1. The van der Waals surface area contributed by atoms with Crippen LogP contribution in [-0.2, 0) is 14.3 Å². The zero-order valence-corrected chi connectivity index (χ0v) is 21.3. The lowest BCUT2D eigenvalue weighted by Gasteiger charge is -2.29. The Balaban J connectivity index is 1.58. The largest absolute Gasteiger partial charge is 0.505 e. The zero-order valence-electron chi connectivity index (χ0n) is 21.3. The van der Waals surface area contributed by atoms with E-state index in [4.69, 9.17) is 4.74 Å². The van der Waals surface area contributed by atoms with E-state index in [1.165, 1.54) is 23.1 Å². The second-order valence-electron chi connectivity index (χ2n) is 9.58. The van der Waals surface area contributed by atoms with Crippen molar-refractivity contribution in [3.63, 3.8) is 0 Å². The third-order valence-electron chi connectivity index (χ3n) is 7.22. The number of aliphatic hydroxyl groups excluding tert-OH is 1. The third-order valence-corrected chi connectivity index (χ3v) is 7.22. The van der Waals surface area contributed by atoms with E-state index in [2.05, 4.69) is 9.88 Å². The van der Waals surface area contributed by atoms with Gasteiger partial charge in [0.25, 0.3) is 17.4 Å². The number of aliphatic hydroxyl groups is 1. The Morgan fingerprint density at radius 2 is 1.92 bits per heavy atom. The summed E-state index contributed by atoms with van der Waals surface area (Å²) >= 11 is 0. The van der Waals surface area contributed by atoms with E-state index in [9.17, 15) is 24.8 Å². The summed E-state index contributed by atoms with van der Waals surface area (Å²) in [4.78, 5) is 45.9. The predicted octanol–water partition coefficient (Wildman–Crippen LogP) is 3.00. The molecule has 38 heavy (non-hydrogen) atoms. The average Bonchev–Trinajstić information content (AvgIpc) is 3.39. The SMILES string of the molecule is Cc1cccn2c(C)c(C(O)=C3C(=O)C(=O)N(CCCN4CCOCC4)C3c3cccc([N+](=O)[O-])c3)nc12. The minimum absolute atomic E-state index is 0.119. The van der Waals surface area contributed by atoms with Gasteiger partial charge in [0.15, 0.2) is 5.76 Å². The highest BCUT2D eigenvalue weighted by Crippen LogP contribution is 2.40. The number of non-ortho nitro benzene ring substituents is 1. The van der Waals surface area contributed by atoms with Crippen LogP contribution in [0.25, 0.3) is 11.4 Å². The van der Waals surface area contributed by atoms with Crippen LogP contribution in [0.5, 0.6) is 0 Å². The van der Waals surface area contributed by atoms with E-state index >= 15 is 0 Å². The molecule has 3 aromatic rings. The van der Waals surface area contributed by atoms with Gasteiger partial charge in [-0.15, -0.1) is 0 Å². The fourth-order valence-corrected chi connectivity index (χ4v) is 5.23. The van der Waals surface area contributed by atoms with Gasteiger partial charge in [-0.3, -0.25) is 24.6 Å². The molecular formula is C27H29N5O6. The molecule has 198 valence electrons. The number of morpholine rings is 1. The summed E-state index contributed by atoms with van der Waals surface area (Å²) in [5.74, 6) is -1.97. The Kier molecular flexibility index (Phi) is 6.96. The molecule has 0 bridgehead atoms. The summed E-state index contributed by atoms with van der Waals surface area (Å²) in [7, 11) is 0. The third kappa shape index (κ3) is 4.54. The van der Waals surface area contributed by atoms with Crippen LogP contribution in [0.3, 0.4) is 0 Å². The highest BCUT2D eigenvalue weighted by Gasteiger charge is 2.46. The second kappa shape index (κ2) is 10.3. The molecule has 1 N–H and O–H groups in total. The Hall–Kier alpha value is -4.09. The maximum Gasteiger partial charge on any atom is 0.295 e. The van der Waals surface area contributed by atoms with Crippen LogP contribution in [0, 0.1) is 24.0 Å². The number of carbonyl (C=O) groups excluding carboxylic acids is 2. The van der Waals surface area contributed by atoms with Crippen LogP contribution in [0.4, 0.5) is 5.69 Å². The lowest BCUT2D eigenvalue weighted by Crippen LogP contribution is -2.39. The van der Waals surface area contributed by atoms with Crippen LogP contribution < -0.4 is 0 Å². The van der Waals surface area contributed by atoms with E-state index < -0.39 is 28.4 Å². The van der Waals surface area contributed by atoms with Crippen molar-refractivity contribution in [3.05, 3.63) is 80.8 Å². The normalized spacial score (nSPS) is 19.9. The Morgan fingerprint density at radius 3 is 2.63 bits per heavy atom. The highest BCUT2D eigenvalue weighted by molar-refractivity contribution is 6.46. The number of benzene rings is 1. The molecule has 1 atom stereocenters. The molecule has 1 amide bonds. The molecule has 0 radical (unpaired) electrons. The smallest absolute Gasteiger partial charge is 0.295 e. The number of ketones is 1. The van der Waals surface area contributed by atoms with Gasteiger partial charge in [-0.1, -0.05) is 18.2 Å². The minimum atomic E-state index is -0.982. The first-order valence-corrected chi connectivity index (χ1v) is 12.6. The maximum atomic E-state index is 13.4. The molecule has 11 nitrogen and oxygen atoms in total. The lowest BCUT2D eigenvalue weighted by atomic mass is 9.96. The van der Waals surface area contributed by atoms with Crippen molar-refractivity contribution in [3.8, 4) is 0 Å². The molecule has 2 aliphatic rings. The summed E-state index contributed by atoms with van der Waals surface area (Å²) in [6.45, 7) is 7.50. The summed E-state index contributed by atoms with van der Waals surface area (Å²) in [6, 6.07) is 8.61. The van der Waals surface area contributed by atoms with Gasteiger partial charge in [-0.2, -0.15) is 0 Å². The van der Waals surface area contributed by atoms with Crippen LogP contribution >= 0.6 is 0 Å². The number of nitro benzene ring substituents is 1. The molecule has 2 aromatic heterocycles. The van der Waals surface area contributed by atoms with Crippen molar-refractivity contribution in [1.82, 2.24) is 19.2 Å². The number of hydrogen-bond donors (Lipinski definition) is 1. The number of nitro groups is 1. The average molecular weight is 520 g/mol. The topological polar surface area (TPSA) is 131 Å². The van der Waals surface area contributed by atoms with Gasteiger partial charge in [0, 0.05) is 44.5 Å². The van der Waals surface area contributed by atoms with Crippen molar-refractivity contribution < 1.29 is 24.4 Å². The fraction of sp³-hybridized carbons (Fsp3) is 0.370. The summed E-state index contributed by atoms with van der Waals surface area (Å²) < 4.78 is 7.20. The molecule has 11 heteroatoms. The number of aryl methyl sites for hydroxylation is 2. The molecule has 2 fully saturated rings. The van der Waals surface area contributed by atoms with Crippen molar-refractivity contribution in [2.24, 2.45) is 0 Å². The number of rotatable bonds is 7. The number of amides is 1. The number of pyridine rings is 1. The van der Waals surface area contributed by atoms with Gasteiger partial charge in [0.1, 0.15) is 11.3 Å². The van der Waals surface area contributed by atoms with E-state index in [-0.39, 0.29) is 23.5 Å². The zero-order chi connectivity index (χ0) is 27.0. The number of likely N-dealkylation sites (tertiary alicyclic amines) is 1. The number of ether oxygens (including phenoxy) is 1.